The molecule has 0 saturated heterocycles. The molecule has 0 saturated carbocycles. The molecule has 3 nitrogen and oxygen atoms in total. The van der Waals surface area contributed by atoms with Crippen LogP contribution in [0.4, 0.5) is 12.9 Å². The van der Waals surface area contributed by atoms with Crippen molar-refractivity contribution in [2.45, 2.75) is 6.92 Å². The van der Waals surface area contributed by atoms with E-state index in [0.29, 0.717) is 0 Å². The first kappa shape index (κ1) is 15.9. The number of rotatable bonds is 1. The van der Waals surface area contributed by atoms with Gasteiger partial charge in [-0.2, -0.15) is 0 Å². The van der Waals surface area contributed by atoms with Crippen molar-refractivity contribution < 1.29 is 64.3 Å². The third-order valence-electron chi connectivity index (χ3n) is 2.71. The Morgan fingerprint density at radius 2 is 1.89 bits per heavy atom. The number of benzene rings is 1. The molecule has 0 aliphatic heterocycles. The summed E-state index contributed by atoms with van der Waals surface area (Å²) in [6, 6.07) is 3.54. The van der Waals surface area contributed by atoms with Crippen molar-refractivity contribution in [2.75, 3.05) is 0 Å². The number of aromatic nitrogens is 2. The Labute approximate surface area is 144 Å². The van der Waals surface area contributed by atoms with Crippen molar-refractivity contribution in [1.82, 2.24) is 9.55 Å². The maximum Gasteiger partial charge on any atom is 1.00 e. The number of para-hydroxylation sites is 1. The Kier molecular flexibility index (Phi) is 4.82. The second kappa shape index (κ2) is 5.46. The van der Waals surface area contributed by atoms with Gasteiger partial charge in [0.25, 0.3) is 5.56 Å². The van der Waals surface area contributed by atoms with Crippen LogP contribution in [0, 0.1) is 6.92 Å². The summed E-state index contributed by atoms with van der Waals surface area (Å²) in [5, 5.41) is -0.00481. The zero-order valence-electron chi connectivity index (χ0n) is 10.2. The van der Waals surface area contributed by atoms with Gasteiger partial charge < -0.3 is 12.9 Å². The molecule has 0 radical (unpaired) electrons. The van der Waals surface area contributed by atoms with Gasteiger partial charge in [0, 0.05) is 7.05 Å². The van der Waals surface area contributed by atoms with E-state index >= 15 is 0 Å². The van der Waals surface area contributed by atoms with Crippen molar-refractivity contribution >= 4 is 23.3 Å². The molecule has 0 fully saturated rings. The van der Waals surface area contributed by atoms with Crippen LogP contribution in [0.5, 0.6) is 0 Å². The van der Waals surface area contributed by atoms with Gasteiger partial charge in [0.15, 0.2) is 0 Å². The summed E-state index contributed by atoms with van der Waals surface area (Å²) < 4.78 is 39.6. The van der Waals surface area contributed by atoms with Crippen LogP contribution >= 0.6 is 0 Å². The molecule has 0 aliphatic rings. The number of aryl methyl sites for hydroxylation is 1. The molecule has 0 unspecified atom stereocenters. The van der Waals surface area contributed by atoms with Gasteiger partial charge in [0.2, 0.25) is 0 Å². The van der Waals surface area contributed by atoms with E-state index in [0.717, 1.165) is 6.07 Å². The fraction of sp³-hybridized carbons (Fsp3) is 0.200. The average molecular weight is 280 g/mol. The monoisotopic (exact) mass is 280 g/mol. The van der Waals surface area contributed by atoms with Crippen LogP contribution in [-0.4, -0.2) is 16.5 Å². The van der Waals surface area contributed by atoms with E-state index in [-0.39, 0.29) is 68.1 Å². The fourth-order valence-corrected chi connectivity index (χ4v) is 1.69. The molecule has 1 aromatic carbocycles. The summed E-state index contributed by atoms with van der Waals surface area (Å²) >= 11 is 0. The first-order valence-corrected chi connectivity index (χ1v) is 4.98. The van der Waals surface area contributed by atoms with Gasteiger partial charge in [-0.15, -0.1) is 0 Å². The Balaban J connectivity index is 0.00000162. The third kappa shape index (κ3) is 2.72. The van der Waals surface area contributed by atoms with E-state index in [2.05, 4.69) is 4.98 Å². The van der Waals surface area contributed by atoms with Crippen LogP contribution in [-0.2, 0) is 7.05 Å². The first-order chi connectivity index (χ1) is 7.82. The maximum atomic E-state index is 12.8. The molecule has 90 valence electrons. The molecule has 2 aromatic rings. The predicted molar refractivity (Wildman–Crippen MR) is 60.4 cm³/mol. The second-order valence-corrected chi connectivity index (χ2v) is 3.84. The van der Waals surface area contributed by atoms with Gasteiger partial charge in [-0.3, -0.25) is 9.36 Å². The van der Waals surface area contributed by atoms with Crippen LogP contribution in [0.1, 0.15) is 5.82 Å². The van der Waals surface area contributed by atoms with Gasteiger partial charge in [0.05, 0.1) is 10.9 Å². The quantitative estimate of drug-likeness (QED) is 0.584. The minimum Gasteiger partial charge on any atom is -0.445 e. The number of nitrogens with zero attached hydrogens (tertiary/aromatic N) is 2. The fourth-order valence-electron chi connectivity index (χ4n) is 1.69. The normalized spacial score (nSPS) is 11.4. The van der Waals surface area contributed by atoms with Gasteiger partial charge in [-0.25, -0.2) is 4.98 Å². The number of halogens is 3. The standard InChI is InChI=1S/C10H9BF3N2O.K/c1-6-15-9-7(10(17)16(6)2)4-3-5-8(9)11(12,13)14;/h3-5H,1-2H3;/q-1;+1. The molecule has 0 bridgehead atoms. The zero-order chi connectivity index (χ0) is 12.8. The minimum absolute atomic E-state index is 0. The van der Waals surface area contributed by atoms with Gasteiger partial charge >= 0.3 is 58.4 Å². The summed E-state index contributed by atoms with van der Waals surface area (Å²) in [4.78, 5) is 15.7. The van der Waals surface area contributed by atoms with E-state index in [1.807, 2.05) is 0 Å². The molecule has 1 aromatic heterocycles. The third-order valence-corrected chi connectivity index (χ3v) is 2.71. The molecular formula is C10H9BF3KN2O. The zero-order valence-corrected chi connectivity index (χ0v) is 13.4. The van der Waals surface area contributed by atoms with Gasteiger partial charge in [-0.05, 0) is 13.0 Å². The van der Waals surface area contributed by atoms with Gasteiger partial charge in [0.1, 0.15) is 5.82 Å². The Morgan fingerprint density at radius 3 is 2.44 bits per heavy atom. The molecule has 0 aliphatic carbocycles. The van der Waals surface area contributed by atoms with E-state index in [1.165, 1.54) is 30.7 Å². The summed E-state index contributed by atoms with van der Waals surface area (Å²) in [5.41, 5.74) is -1.54. The molecule has 0 spiro atoms. The Bertz CT molecular complexity index is 654. The van der Waals surface area contributed by atoms with E-state index in [9.17, 15) is 17.7 Å². The van der Waals surface area contributed by atoms with Crippen molar-refractivity contribution in [1.29, 1.82) is 0 Å². The van der Waals surface area contributed by atoms with E-state index in [4.69, 9.17) is 0 Å². The first-order valence-electron chi connectivity index (χ1n) is 4.98. The van der Waals surface area contributed by atoms with Crippen molar-refractivity contribution in [3.63, 3.8) is 0 Å². The summed E-state index contributed by atoms with van der Waals surface area (Å²) in [6.07, 6.45) is 0. The molecule has 18 heavy (non-hydrogen) atoms. The number of hydrogen-bond donors (Lipinski definition) is 0. The predicted octanol–water partition coefficient (Wildman–Crippen LogP) is -1.70. The van der Waals surface area contributed by atoms with Crippen molar-refractivity contribution in [2.24, 2.45) is 7.05 Å². The average Bonchev–Trinajstić information content (AvgIpc) is 2.24. The largest absolute Gasteiger partial charge is 1.00 e. The topological polar surface area (TPSA) is 34.9 Å². The molecule has 0 atom stereocenters. The summed E-state index contributed by atoms with van der Waals surface area (Å²) in [6.45, 7) is -3.67. The van der Waals surface area contributed by atoms with Crippen LogP contribution in [0.3, 0.4) is 0 Å². The molecule has 0 N–H and O–H groups in total. The Hall–Kier alpha value is -0.149. The summed E-state index contributed by atoms with van der Waals surface area (Å²) in [7, 11) is 1.48. The number of fused-ring (bicyclic) bond motifs is 1. The SMILES string of the molecule is Cc1nc2c([B-](F)(F)F)cccc2c(=O)n1C.[K+]. The molecule has 8 heteroatoms. The van der Waals surface area contributed by atoms with Crippen molar-refractivity contribution in [3.05, 3.63) is 34.4 Å². The molecular weight excluding hydrogens is 271 g/mol. The Morgan fingerprint density at radius 1 is 1.28 bits per heavy atom. The molecule has 1 heterocycles. The molecule has 0 amide bonds. The maximum absolute atomic E-state index is 12.8. The van der Waals surface area contributed by atoms with Crippen LogP contribution in [0.2, 0.25) is 0 Å². The van der Waals surface area contributed by atoms with Crippen LogP contribution < -0.4 is 62.4 Å². The van der Waals surface area contributed by atoms with Crippen LogP contribution in [0.25, 0.3) is 10.9 Å². The second-order valence-electron chi connectivity index (χ2n) is 3.84. The molecule has 2 rings (SSSR count). The van der Waals surface area contributed by atoms with Crippen LogP contribution in [0.15, 0.2) is 23.0 Å². The number of hydrogen-bond acceptors (Lipinski definition) is 2. The minimum atomic E-state index is -5.17. The summed E-state index contributed by atoms with van der Waals surface area (Å²) in [5.74, 6) is 0.259. The van der Waals surface area contributed by atoms with E-state index in [1.54, 1.807) is 0 Å². The smallest absolute Gasteiger partial charge is 0.445 e. The van der Waals surface area contributed by atoms with Crippen molar-refractivity contribution in [3.8, 4) is 0 Å². The van der Waals surface area contributed by atoms with E-state index < -0.39 is 18.0 Å². The van der Waals surface area contributed by atoms with Gasteiger partial charge in [-0.1, -0.05) is 17.6 Å².